The maximum absolute atomic E-state index is 11.0. The maximum atomic E-state index is 11.0. The number of aliphatic hydroxyl groups is 1. The van der Waals surface area contributed by atoms with Crippen LogP contribution in [0.2, 0.25) is 0 Å². The lowest BCUT2D eigenvalue weighted by atomic mass is 10.1. The lowest BCUT2D eigenvalue weighted by Crippen LogP contribution is -2.41. The number of nitrogens with two attached hydrogens (primary N) is 1. The standard InChI is InChI=1S/C8H16N2O2/c1-6(9)7(12)10-4-8(5-11)2-3-8/h6,11H,2-5,9H2,1H3,(H,10,12)/t6-/m1/s1. The zero-order chi connectivity index (χ0) is 9.19. The van der Waals surface area contributed by atoms with E-state index in [1.54, 1.807) is 6.92 Å². The molecule has 4 N–H and O–H groups in total. The largest absolute Gasteiger partial charge is 0.396 e. The summed E-state index contributed by atoms with van der Waals surface area (Å²) in [5.74, 6) is -0.144. The molecule has 0 saturated heterocycles. The summed E-state index contributed by atoms with van der Waals surface area (Å²) in [5, 5.41) is 11.6. The fraction of sp³-hybridized carbons (Fsp3) is 0.875. The maximum Gasteiger partial charge on any atom is 0.236 e. The van der Waals surface area contributed by atoms with Gasteiger partial charge in [0.2, 0.25) is 5.91 Å². The number of amides is 1. The summed E-state index contributed by atoms with van der Waals surface area (Å²) in [6.45, 7) is 2.37. The minimum atomic E-state index is -0.459. The summed E-state index contributed by atoms with van der Waals surface area (Å²) >= 11 is 0. The monoisotopic (exact) mass is 172 g/mol. The van der Waals surface area contributed by atoms with Crippen LogP contribution in [0.4, 0.5) is 0 Å². The van der Waals surface area contributed by atoms with Gasteiger partial charge in [-0.15, -0.1) is 0 Å². The third-order valence-corrected chi connectivity index (χ3v) is 2.34. The molecule has 70 valence electrons. The molecule has 1 atom stereocenters. The van der Waals surface area contributed by atoms with E-state index in [4.69, 9.17) is 10.8 Å². The van der Waals surface area contributed by atoms with E-state index < -0.39 is 6.04 Å². The van der Waals surface area contributed by atoms with Crippen molar-refractivity contribution in [1.82, 2.24) is 5.32 Å². The summed E-state index contributed by atoms with van der Waals surface area (Å²) in [5.41, 5.74) is 5.33. The molecule has 0 aromatic rings. The molecule has 0 bridgehead atoms. The number of rotatable bonds is 4. The molecule has 1 aliphatic rings. The molecule has 0 unspecified atom stereocenters. The molecule has 4 heteroatoms. The van der Waals surface area contributed by atoms with Crippen LogP contribution in [0.25, 0.3) is 0 Å². The molecule has 1 fully saturated rings. The van der Waals surface area contributed by atoms with E-state index in [2.05, 4.69) is 5.32 Å². The van der Waals surface area contributed by atoms with Gasteiger partial charge in [-0.3, -0.25) is 4.79 Å². The Morgan fingerprint density at radius 1 is 1.75 bits per heavy atom. The van der Waals surface area contributed by atoms with Crippen molar-refractivity contribution >= 4 is 5.91 Å². The van der Waals surface area contributed by atoms with Gasteiger partial charge in [-0.1, -0.05) is 0 Å². The first-order valence-electron chi connectivity index (χ1n) is 4.24. The molecule has 0 aliphatic heterocycles. The SMILES string of the molecule is C[C@@H](N)C(=O)NCC1(CO)CC1. The van der Waals surface area contributed by atoms with Gasteiger partial charge >= 0.3 is 0 Å². The quantitative estimate of drug-likeness (QED) is 0.521. The Morgan fingerprint density at radius 2 is 2.33 bits per heavy atom. The molecule has 1 rings (SSSR count). The predicted molar refractivity (Wildman–Crippen MR) is 45.4 cm³/mol. The van der Waals surface area contributed by atoms with Crippen molar-refractivity contribution < 1.29 is 9.90 Å². The van der Waals surface area contributed by atoms with Crippen molar-refractivity contribution in [2.24, 2.45) is 11.1 Å². The van der Waals surface area contributed by atoms with Crippen molar-refractivity contribution in [3.63, 3.8) is 0 Å². The van der Waals surface area contributed by atoms with Crippen LogP contribution in [0.5, 0.6) is 0 Å². The first-order chi connectivity index (χ1) is 5.59. The van der Waals surface area contributed by atoms with Crippen LogP contribution in [0.1, 0.15) is 19.8 Å². The summed E-state index contributed by atoms with van der Waals surface area (Å²) in [4.78, 5) is 11.0. The number of carbonyl (C=O) groups excluding carboxylic acids is 1. The Bertz CT molecular complexity index is 176. The second kappa shape index (κ2) is 3.41. The van der Waals surface area contributed by atoms with E-state index in [1.807, 2.05) is 0 Å². The predicted octanol–water partition coefficient (Wildman–Crippen LogP) is -0.778. The Hall–Kier alpha value is -0.610. The molecule has 12 heavy (non-hydrogen) atoms. The summed E-state index contributed by atoms with van der Waals surface area (Å²) in [7, 11) is 0. The first-order valence-corrected chi connectivity index (χ1v) is 4.24. The van der Waals surface area contributed by atoms with Gasteiger partial charge in [0, 0.05) is 12.0 Å². The van der Waals surface area contributed by atoms with E-state index in [0.717, 1.165) is 12.8 Å². The van der Waals surface area contributed by atoms with Crippen LogP contribution in [0, 0.1) is 5.41 Å². The Labute approximate surface area is 72.1 Å². The Kier molecular flexibility index (Phi) is 2.69. The molecule has 0 aromatic carbocycles. The van der Waals surface area contributed by atoms with E-state index in [-0.39, 0.29) is 17.9 Å². The second-order valence-corrected chi connectivity index (χ2v) is 3.66. The highest BCUT2D eigenvalue weighted by Crippen LogP contribution is 2.44. The van der Waals surface area contributed by atoms with Crippen molar-refractivity contribution in [3.05, 3.63) is 0 Å². The lowest BCUT2D eigenvalue weighted by Gasteiger charge is -2.13. The van der Waals surface area contributed by atoms with E-state index in [0.29, 0.717) is 6.54 Å². The van der Waals surface area contributed by atoms with Gasteiger partial charge in [0.05, 0.1) is 12.6 Å². The Morgan fingerprint density at radius 3 is 2.67 bits per heavy atom. The van der Waals surface area contributed by atoms with Gasteiger partial charge in [0.25, 0.3) is 0 Å². The fourth-order valence-electron chi connectivity index (χ4n) is 1.00. The third-order valence-electron chi connectivity index (χ3n) is 2.34. The van der Waals surface area contributed by atoms with Crippen LogP contribution in [0.15, 0.2) is 0 Å². The molecule has 4 nitrogen and oxygen atoms in total. The number of hydrogen-bond donors (Lipinski definition) is 3. The molecule has 0 radical (unpaired) electrons. The van der Waals surface area contributed by atoms with Crippen LogP contribution < -0.4 is 11.1 Å². The number of hydrogen-bond acceptors (Lipinski definition) is 3. The highest BCUT2D eigenvalue weighted by molar-refractivity contribution is 5.81. The van der Waals surface area contributed by atoms with Crippen molar-refractivity contribution in [3.8, 4) is 0 Å². The van der Waals surface area contributed by atoms with Gasteiger partial charge < -0.3 is 16.2 Å². The molecular weight excluding hydrogens is 156 g/mol. The van der Waals surface area contributed by atoms with Crippen molar-refractivity contribution in [2.45, 2.75) is 25.8 Å². The topological polar surface area (TPSA) is 75.4 Å². The molecular formula is C8H16N2O2. The molecule has 0 heterocycles. The zero-order valence-electron chi connectivity index (χ0n) is 7.34. The van der Waals surface area contributed by atoms with Gasteiger partial charge in [0.1, 0.15) is 0 Å². The Balaban J connectivity index is 2.21. The third kappa shape index (κ3) is 2.19. The zero-order valence-corrected chi connectivity index (χ0v) is 7.34. The van der Waals surface area contributed by atoms with Crippen LogP contribution in [-0.2, 0) is 4.79 Å². The molecule has 0 spiro atoms. The first kappa shape index (κ1) is 9.48. The van der Waals surface area contributed by atoms with Crippen LogP contribution in [-0.4, -0.2) is 30.2 Å². The molecule has 1 amide bonds. The second-order valence-electron chi connectivity index (χ2n) is 3.66. The van der Waals surface area contributed by atoms with Gasteiger partial charge in [-0.2, -0.15) is 0 Å². The summed E-state index contributed by atoms with van der Waals surface area (Å²) in [6, 6.07) is -0.459. The molecule has 0 aromatic heterocycles. The molecule has 1 aliphatic carbocycles. The number of carbonyl (C=O) groups is 1. The van der Waals surface area contributed by atoms with Crippen molar-refractivity contribution in [1.29, 1.82) is 0 Å². The fourth-order valence-corrected chi connectivity index (χ4v) is 1.00. The van der Waals surface area contributed by atoms with Gasteiger partial charge in [-0.05, 0) is 19.8 Å². The van der Waals surface area contributed by atoms with Crippen LogP contribution in [0.3, 0.4) is 0 Å². The van der Waals surface area contributed by atoms with Crippen molar-refractivity contribution in [2.75, 3.05) is 13.2 Å². The highest BCUT2D eigenvalue weighted by atomic mass is 16.3. The normalized spacial score (nSPS) is 21.6. The van der Waals surface area contributed by atoms with Gasteiger partial charge in [-0.25, -0.2) is 0 Å². The average Bonchev–Trinajstić information content (AvgIpc) is 2.81. The highest BCUT2D eigenvalue weighted by Gasteiger charge is 2.42. The average molecular weight is 172 g/mol. The number of nitrogens with one attached hydrogen (secondary N) is 1. The summed E-state index contributed by atoms with van der Waals surface area (Å²) in [6.07, 6.45) is 2.01. The van der Waals surface area contributed by atoms with E-state index >= 15 is 0 Å². The van der Waals surface area contributed by atoms with E-state index in [9.17, 15) is 4.79 Å². The lowest BCUT2D eigenvalue weighted by molar-refractivity contribution is -0.122. The number of aliphatic hydroxyl groups excluding tert-OH is 1. The van der Waals surface area contributed by atoms with E-state index in [1.165, 1.54) is 0 Å². The minimum Gasteiger partial charge on any atom is -0.396 e. The summed E-state index contributed by atoms with van der Waals surface area (Å²) < 4.78 is 0. The van der Waals surface area contributed by atoms with Gasteiger partial charge in [0.15, 0.2) is 0 Å². The van der Waals surface area contributed by atoms with Crippen LogP contribution >= 0.6 is 0 Å². The molecule has 1 saturated carbocycles. The minimum absolute atomic E-state index is 0.0233. The smallest absolute Gasteiger partial charge is 0.236 e.